The maximum atomic E-state index is 12.8. The van der Waals surface area contributed by atoms with Crippen LogP contribution in [0.4, 0.5) is 13.2 Å². The van der Waals surface area contributed by atoms with E-state index in [1.807, 2.05) is 0 Å². The molecule has 1 amide bonds. The molecular weight excluding hydrogens is 403 g/mol. The van der Waals surface area contributed by atoms with Gasteiger partial charge in [-0.3, -0.25) is 9.59 Å². The molecule has 2 atom stereocenters. The molecule has 1 aliphatic rings. The molecule has 2 unspecified atom stereocenters. The molecule has 3 rings (SSSR count). The Balaban J connectivity index is 1.99. The zero-order chi connectivity index (χ0) is 22.3. The Hall–Kier alpha value is -3.07. The van der Waals surface area contributed by atoms with Crippen molar-refractivity contribution in [3.05, 3.63) is 59.2 Å². The number of hydrogen-bond donors (Lipinski definition) is 2. The highest BCUT2D eigenvalue weighted by molar-refractivity contribution is 5.97. The first-order valence-corrected chi connectivity index (χ1v) is 9.06. The topological polar surface area (TPSA) is 84.9 Å². The van der Waals surface area contributed by atoms with Crippen LogP contribution in [0, 0.1) is 0 Å². The summed E-state index contributed by atoms with van der Waals surface area (Å²) in [7, 11) is 0. The van der Waals surface area contributed by atoms with Gasteiger partial charge >= 0.3 is 6.36 Å². The number of rotatable bonds is 4. The molecule has 6 nitrogen and oxygen atoms in total. The van der Waals surface area contributed by atoms with Crippen molar-refractivity contribution in [2.45, 2.75) is 44.9 Å². The molecule has 1 aliphatic heterocycles. The third kappa shape index (κ3) is 4.40. The Morgan fingerprint density at radius 2 is 1.83 bits per heavy atom. The smallest absolute Gasteiger partial charge is 0.485 e. The number of ketones is 1. The molecule has 0 aliphatic carbocycles. The molecule has 1 heterocycles. The van der Waals surface area contributed by atoms with Crippen LogP contribution in [0.5, 0.6) is 11.5 Å². The van der Waals surface area contributed by atoms with E-state index in [0.29, 0.717) is 16.9 Å². The van der Waals surface area contributed by atoms with Gasteiger partial charge in [-0.2, -0.15) is 0 Å². The standard InChI is InChI=1S/C21H20F3NO5/c1-11(26)12-8-9-16-14(10-12)17(18(27)20(2,3)29-16)25-19(28)13-6-4-5-7-15(13)30-21(22,23)24/h4-10,17-18,27H,1-3H3,(H,25,28). The monoisotopic (exact) mass is 423 g/mol. The number of Topliss-reactive ketones (excluding diaryl/α,β-unsaturated/α-hetero) is 1. The number of aliphatic hydroxyl groups is 1. The fourth-order valence-corrected chi connectivity index (χ4v) is 3.26. The summed E-state index contributed by atoms with van der Waals surface area (Å²) in [6, 6.07) is 8.46. The van der Waals surface area contributed by atoms with Crippen molar-refractivity contribution in [2.24, 2.45) is 0 Å². The molecule has 9 heteroatoms. The maximum absolute atomic E-state index is 12.8. The third-order valence-corrected chi connectivity index (χ3v) is 4.80. The second-order valence-corrected chi connectivity index (χ2v) is 7.45. The Labute approximate surface area is 170 Å². The fourth-order valence-electron chi connectivity index (χ4n) is 3.26. The van der Waals surface area contributed by atoms with Crippen LogP contribution < -0.4 is 14.8 Å². The van der Waals surface area contributed by atoms with Crippen molar-refractivity contribution in [2.75, 3.05) is 0 Å². The van der Waals surface area contributed by atoms with Crippen LogP contribution in [-0.2, 0) is 0 Å². The van der Waals surface area contributed by atoms with Gasteiger partial charge in [-0.25, -0.2) is 0 Å². The Morgan fingerprint density at radius 3 is 2.47 bits per heavy atom. The minimum Gasteiger partial charge on any atom is -0.485 e. The van der Waals surface area contributed by atoms with E-state index < -0.39 is 35.8 Å². The van der Waals surface area contributed by atoms with Gasteiger partial charge in [0.1, 0.15) is 23.2 Å². The van der Waals surface area contributed by atoms with Crippen molar-refractivity contribution in [3.8, 4) is 11.5 Å². The van der Waals surface area contributed by atoms with E-state index in [-0.39, 0.29) is 11.3 Å². The van der Waals surface area contributed by atoms with Crippen molar-refractivity contribution in [1.29, 1.82) is 0 Å². The molecule has 0 aromatic heterocycles. The van der Waals surface area contributed by atoms with Gasteiger partial charge in [0, 0.05) is 11.1 Å². The number of benzene rings is 2. The molecule has 2 N–H and O–H groups in total. The lowest BCUT2D eigenvalue weighted by atomic mass is 9.85. The minimum absolute atomic E-state index is 0.230. The number of carbonyl (C=O) groups is 2. The largest absolute Gasteiger partial charge is 0.573 e. The highest BCUT2D eigenvalue weighted by atomic mass is 19.4. The number of amides is 1. The van der Waals surface area contributed by atoms with Crippen LogP contribution in [0.2, 0.25) is 0 Å². The van der Waals surface area contributed by atoms with Gasteiger partial charge in [-0.05, 0) is 51.1 Å². The molecule has 2 aromatic rings. The van der Waals surface area contributed by atoms with Crippen molar-refractivity contribution in [3.63, 3.8) is 0 Å². The summed E-state index contributed by atoms with van der Waals surface area (Å²) in [5.41, 5.74) is -0.776. The minimum atomic E-state index is -4.97. The van der Waals surface area contributed by atoms with Crippen LogP contribution in [0.25, 0.3) is 0 Å². The average Bonchev–Trinajstić information content (AvgIpc) is 2.63. The van der Waals surface area contributed by atoms with Gasteiger partial charge in [-0.1, -0.05) is 12.1 Å². The molecule has 0 saturated carbocycles. The number of carbonyl (C=O) groups excluding carboxylic acids is 2. The Kier molecular flexibility index (Phi) is 5.51. The second kappa shape index (κ2) is 7.64. The van der Waals surface area contributed by atoms with Gasteiger partial charge in [0.15, 0.2) is 5.78 Å². The lowest BCUT2D eigenvalue weighted by molar-refractivity contribution is -0.274. The highest BCUT2D eigenvalue weighted by Crippen LogP contribution is 2.40. The van der Waals surface area contributed by atoms with E-state index in [9.17, 15) is 27.9 Å². The zero-order valence-corrected chi connectivity index (χ0v) is 16.4. The summed E-state index contributed by atoms with van der Waals surface area (Å²) in [4.78, 5) is 24.6. The summed E-state index contributed by atoms with van der Waals surface area (Å²) in [6.45, 7) is 4.59. The van der Waals surface area contributed by atoms with Crippen LogP contribution in [0.15, 0.2) is 42.5 Å². The number of para-hydroxylation sites is 1. The molecule has 2 aromatic carbocycles. The first-order chi connectivity index (χ1) is 13.9. The fraction of sp³-hybridized carbons (Fsp3) is 0.333. The SMILES string of the molecule is CC(=O)c1ccc2c(c1)C(NC(=O)c1ccccc1OC(F)(F)F)C(O)C(C)(C)O2. The van der Waals surface area contributed by atoms with Gasteiger partial charge in [0.05, 0.1) is 11.6 Å². The molecule has 30 heavy (non-hydrogen) atoms. The van der Waals surface area contributed by atoms with Crippen LogP contribution >= 0.6 is 0 Å². The molecular formula is C21H20F3NO5. The average molecular weight is 423 g/mol. The number of ether oxygens (including phenoxy) is 2. The Bertz CT molecular complexity index is 987. The molecule has 0 saturated heterocycles. The zero-order valence-electron chi connectivity index (χ0n) is 16.4. The van der Waals surface area contributed by atoms with Gasteiger partial charge in [-0.15, -0.1) is 13.2 Å². The van der Waals surface area contributed by atoms with E-state index >= 15 is 0 Å². The van der Waals surface area contributed by atoms with Gasteiger partial charge < -0.3 is 19.9 Å². The van der Waals surface area contributed by atoms with Crippen molar-refractivity contribution >= 4 is 11.7 Å². The summed E-state index contributed by atoms with van der Waals surface area (Å²) >= 11 is 0. The predicted molar refractivity (Wildman–Crippen MR) is 100 cm³/mol. The second-order valence-electron chi connectivity index (χ2n) is 7.45. The number of hydrogen-bond acceptors (Lipinski definition) is 5. The number of nitrogens with one attached hydrogen (secondary N) is 1. The third-order valence-electron chi connectivity index (χ3n) is 4.80. The number of aliphatic hydroxyl groups excluding tert-OH is 1. The van der Waals surface area contributed by atoms with E-state index in [4.69, 9.17) is 4.74 Å². The summed E-state index contributed by atoms with van der Waals surface area (Å²) in [5, 5.41) is 13.4. The van der Waals surface area contributed by atoms with E-state index in [1.165, 1.54) is 31.2 Å². The molecule has 0 radical (unpaired) electrons. The van der Waals surface area contributed by atoms with E-state index in [2.05, 4.69) is 10.1 Å². The summed E-state index contributed by atoms with van der Waals surface area (Å²) < 4.78 is 47.8. The number of fused-ring (bicyclic) bond motifs is 1. The normalized spacial score (nSPS) is 20.0. The Morgan fingerprint density at radius 1 is 1.17 bits per heavy atom. The van der Waals surface area contributed by atoms with Crippen LogP contribution in [0.3, 0.4) is 0 Å². The summed E-state index contributed by atoms with van der Waals surface area (Å²) in [6.07, 6.45) is -6.22. The van der Waals surface area contributed by atoms with Crippen molar-refractivity contribution < 1.29 is 37.3 Å². The molecule has 0 spiro atoms. The first kappa shape index (κ1) is 21.6. The van der Waals surface area contributed by atoms with Gasteiger partial charge in [0.2, 0.25) is 0 Å². The molecule has 0 fully saturated rings. The lowest BCUT2D eigenvalue weighted by Crippen LogP contribution is -2.53. The quantitative estimate of drug-likeness (QED) is 0.731. The lowest BCUT2D eigenvalue weighted by Gasteiger charge is -2.42. The van der Waals surface area contributed by atoms with Crippen molar-refractivity contribution in [1.82, 2.24) is 5.32 Å². The van der Waals surface area contributed by atoms with Crippen LogP contribution in [0.1, 0.15) is 53.1 Å². The van der Waals surface area contributed by atoms with E-state index in [0.717, 1.165) is 6.07 Å². The highest BCUT2D eigenvalue weighted by Gasteiger charge is 2.44. The molecule has 160 valence electrons. The predicted octanol–water partition coefficient (Wildman–Crippen LogP) is 3.79. The maximum Gasteiger partial charge on any atom is 0.573 e. The number of alkyl halides is 3. The van der Waals surface area contributed by atoms with E-state index in [1.54, 1.807) is 26.0 Å². The first-order valence-electron chi connectivity index (χ1n) is 9.06. The molecule has 0 bridgehead atoms. The van der Waals surface area contributed by atoms with Gasteiger partial charge in [0.25, 0.3) is 5.91 Å². The van der Waals surface area contributed by atoms with Crippen LogP contribution in [-0.4, -0.2) is 34.9 Å². The number of halogens is 3. The summed E-state index contributed by atoms with van der Waals surface area (Å²) in [5.74, 6) is -1.43.